The average molecular weight is 260 g/mol. The molecule has 2 aromatic rings. The van der Waals surface area contributed by atoms with Gasteiger partial charge in [-0.05, 0) is 18.9 Å². The van der Waals surface area contributed by atoms with Gasteiger partial charge in [0.15, 0.2) is 0 Å². The first kappa shape index (κ1) is 12.3. The Kier molecular flexibility index (Phi) is 3.59. The van der Waals surface area contributed by atoms with Crippen LogP contribution in [0.4, 0.5) is 0 Å². The van der Waals surface area contributed by atoms with Gasteiger partial charge in [-0.1, -0.05) is 24.5 Å². The molecule has 102 valence electrons. The van der Waals surface area contributed by atoms with Crippen molar-refractivity contribution < 1.29 is 0 Å². The van der Waals surface area contributed by atoms with E-state index in [1.807, 2.05) is 6.20 Å². The molecular formula is C13H20N6. The molecule has 0 bridgehead atoms. The van der Waals surface area contributed by atoms with Gasteiger partial charge in [0.2, 0.25) is 0 Å². The molecule has 1 aliphatic rings. The minimum atomic E-state index is 0.427. The van der Waals surface area contributed by atoms with Gasteiger partial charge in [0, 0.05) is 12.7 Å². The lowest BCUT2D eigenvalue weighted by Crippen LogP contribution is -2.13. The van der Waals surface area contributed by atoms with Crippen molar-refractivity contribution in [1.29, 1.82) is 0 Å². The highest BCUT2D eigenvalue weighted by molar-refractivity contribution is 5.02. The first-order chi connectivity index (χ1) is 9.35. The Morgan fingerprint density at radius 1 is 1.21 bits per heavy atom. The summed E-state index contributed by atoms with van der Waals surface area (Å²) >= 11 is 0. The van der Waals surface area contributed by atoms with Crippen LogP contribution < -0.4 is 5.73 Å². The molecule has 0 atom stereocenters. The molecule has 0 aromatic carbocycles. The fourth-order valence-corrected chi connectivity index (χ4v) is 2.69. The quantitative estimate of drug-likeness (QED) is 0.903. The smallest absolute Gasteiger partial charge is 0.0962 e. The maximum Gasteiger partial charge on any atom is 0.0962 e. The SMILES string of the molecule is NCc1cn(Cc2ccn(C3CCCCC3)n2)nn1. The highest BCUT2D eigenvalue weighted by Gasteiger charge is 2.16. The summed E-state index contributed by atoms with van der Waals surface area (Å²) in [5.74, 6) is 0. The molecule has 6 nitrogen and oxygen atoms in total. The fraction of sp³-hybridized carbons (Fsp3) is 0.615. The third-order valence-corrected chi connectivity index (χ3v) is 3.73. The maximum absolute atomic E-state index is 5.52. The van der Waals surface area contributed by atoms with Crippen molar-refractivity contribution in [3.63, 3.8) is 0 Å². The number of hydrogen-bond donors (Lipinski definition) is 1. The Bertz CT molecular complexity index is 523. The van der Waals surface area contributed by atoms with Gasteiger partial charge in [0.05, 0.1) is 30.2 Å². The molecule has 1 fully saturated rings. The number of aromatic nitrogens is 5. The Labute approximate surface area is 112 Å². The number of nitrogens with zero attached hydrogens (tertiary/aromatic N) is 5. The highest BCUT2D eigenvalue weighted by Crippen LogP contribution is 2.27. The molecular weight excluding hydrogens is 240 g/mol. The molecule has 2 aromatic heterocycles. The van der Waals surface area contributed by atoms with E-state index in [4.69, 9.17) is 5.73 Å². The topological polar surface area (TPSA) is 74.5 Å². The Hall–Kier alpha value is -1.69. The first-order valence-electron chi connectivity index (χ1n) is 6.98. The Morgan fingerprint density at radius 3 is 2.79 bits per heavy atom. The van der Waals surface area contributed by atoms with Gasteiger partial charge in [0.25, 0.3) is 0 Å². The molecule has 0 saturated heterocycles. The summed E-state index contributed by atoms with van der Waals surface area (Å²) in [5, 5.41) is 12.7. The van der Waals surface area contributed by atoms with E-state index in [0.29, 0.717) is 19.1 Å². The van der Waals surface area contributed by atoms with Crippen molar-refractivity contribution in [2.45, 2.75) is 51.2 Å². The number of nitrogens with two attached hydrogens (primary N) is 1. The predicted molar refractivity (Wildman–Crippen MR) is 71.4 cm³/mol. The lowest BCUT2D eigenvalue weighted by molar-refractivity contribution is 0.327. The second kappa shape index (κ2) is 5.52. The highest BCUT2D eigenvalue weighted by atomic mass is 15.4. The monoisotopic (exact) mass is 260 g/mol. The van der Waals surface area contributed by atoms with E-state index >= 15 is 0 Å². The normalized spacial score (nSPS) is 16.9. The summed E-state index contributed by atoms with van der Waals surface area (Å²) in [6.45, 7) is 1.09. The van der Waals surface area contributed by atoms with Crippen LogP contribution in [0.25, 0.3) is 0 Å². The van der Waals surface area contributed by atoms with Gasteiger partial charge in [-0.3, -0.25) is 4.68 Å². The van der Waals surface area contributed by atoms with Crippen LogP contribution in [0.5, 0.6) is 0 Å². The largest absolute Gasteiger partial charge is 0.325 e. The second-order valence-corrected chi connectivity index (χ2v) is 5.19. The molecule has 3 rings (SSSR count). The Morgan fingerprint density at radius 2 is 2.05 bits per heavy atom. The first-order valence-corrected chi connectivity index (χ1v) is 6.98. The van der Waals surface area contributed by atoms with Crippen LogP contribution in [0.1, 0.15) is 49.5 Å². The van der Waals surface area contributed by atoms with Crippen LogP contribution in [0.2, 0.25) is 0 Å². The molecule has 2 heterocycles. The lowest BCUT2D eigenvalue weighted by atomic mass is 9.96. The van der Waals surface area contributed by atoms with Crippen LogP contribution in [0.3, 0.4) is 0 Å². The summed E-state index contributed by atoms with van der Waals surface area (Å²) in [5.41, 5.74) is 7.36. The second-order valence-electron chi connectivity index (χ2n) is 5.19. The molecule has 19 heavy (non-hydrogen) atoms. The van der Waals surface area contributed by atoms with E-state index in [9.17, 15) is 0 Å². The van der Waals surface area contributed by atoms with E-state index in [0.717, 1.165) is 11.4 Å². The molecule has 6 heteroatoms. The average Bonchev–Trinajstić information content (AvgIpc) is 3.09. The van der Waals surface area contributed by atoms with Crippen LogP contribution in [-0.4, -0.2) is 24.8 Å². The van der Waals surface area contributed by atoms with Gasteiger partial charge in [-0.15, -0.1) is 5.10 Å². The standard InChI is InChI=1S/C13H20N6/c14-8-12-10-18(17-15-12)9-11-6-7-19(16-11)13-4-2-1-3-5-13/h6-7,10,13H,1-5,8-9,14H2. The van der Waals surface area contributed by atoms with E-state index in [-0.39, 0.29) is 0 Å². The zero-order valence-electron chi connectivity index (χ0n) is 11.1. The summed E-state index contributed by atoms with van der Waals surface area (Å²) in [6.07, 6.45) is 10.5. The summed E-state index contributed by atoms with van der Waals surface area (Å²) in [6, 6.07) is 2.65. The van der Waals surface area contributed by atoms with Crippen molar-refractivity contribution in [2.75, 3.05) is 0 Å². The van der Waals surface area contributed by atoms with E-state index in [2.05, 4.69) is 32.4 Å². The van der Waals surface area contributed by atoms with Crippen molar-refractivity contribution in [3.05, 3.63) is 29.8 Å². The van der Waals surface area contributed by atoms with Crippen molar-refractivity contribution in [3.8, 4) is 0 Å². The van der Waals surface area contributed by atoms with Crippen molar-refractivity contribution >= 4 is 0 Å². The van der Waals surface area contributed by atoms with Crippen molar-refractivity contribution in [2.24, 2.45) is 5.73 Å². The van der Waals surface area contributed by atoms with Gasteiger partial charge in [-0.25, -0.2) is 4.68 Å². The molecule has 1 aliphatic carbocycles. The molecule has 0 unspecified atom stereocenters. The minimum absolute atomic E-state index is 0.427. The molecule has 1 saturated carbocycles. The summed E-state index contributed by atoms with van der Waals surface area (Å²) < 4.78 is 3.91. The van der Waals surface area contributed by atoms with Crippen LogP contribution in [-0.2, 0) is 13.1 Å². The van der Waals surface area contributed by atoms with E-state index in [1.165, 1.54) is 32.1 Å². The maximum atomic E-state index is 5.52. The molecule has 0 spiro atoms. The minimum Gasteiger partial charge on any atom is -0.325 e. The van der Waals surface area contributed by atoms with Gasteiger partial charge >= 0.3 is 0 Å². The zero-order chi connectivity index (χ0) is 13.1. The van der Waals surface area contributed by atoms with Crippen LogP contribution in [0, 0.1) is 0 Å². The molecule has 2 N–H and O–H groups in total. The molecule has 0 radical (unpaired) electrons. The third kappa shape index (κ3) is 2.84. The number of hydrogen-bond acceptors (Lipinski definition) is 4. The zero-order valence-corrected chi connectivity index (χ0v) is 11.1. The van der Waals surface area contributed by atoms with E-state index < -0.39 is 0 Å². The van der Waals surface area contributed by atoms with Gasteiger partial charge in [0.1, 0.15) is 0 Å². The summed E-state index contributed by atoms with van der Waals surface area (Å²) in [7, 11) is 0. The number of rotatable bonds is 4. The Balaban J connectivity index is 1.67. The molecule has 0 amide bonds. The van der Waals surface area contributed by atoms with Crippen LogP contribution in [0.15, 0.2) is 18.5 Å². The van der Waals surface area contributed by atoms with Gasteiger partial charge < -0.3 is 5.73 Å². The fourth-order valence-electron chi connectivity index (χ4n) is 2.69. The predicted octanol–water partition coefficient (Wildman–Crippen LogP) is 1.49. The third-order valence-electron chi connectivity index (χ3n) is 3.73. The van der Waals surface area contributed by atoms with Crippen LogP contribution >= 0.6 is 0 Å². The molecule has 0 aliphatic heterocycles. The van der Waals surface area contributed by atoms with Gasteiger partial charge in [-0.2, -0.15) is 5.10 Å². The van der Waals surface area contributed by atoms with Crippen molar-refractivity contribution in [1.82, 2.24) is 24.8 Å². The van der Waals surface area contributed by atoms with E-state index in [1.54, 1.807) is 4.68 Å². The summed E-state index contributed by atoms with van der Waals surface area (Å²) in [4.78, 5) is 0. The lowest BCUT2D eigenvalue weighted by Gasteiger charge is -2.21.